The van der Waals surface area contributed by atoms with Crippen LogP contribution in [0.5, 0.6) is 0 Å². The highest BCUT2D eigenvalue weighted by Gasteiger charge is 2.01. The van der Waals surface area contributed by atoms with Crippen molar-refractivity contribution < 1.29 is 4.84 Å². The Morgan fingerprint density at radius 2 is 2.56 bits per heavy atom. The molecule has 0 N–H and O–H groups in total. The maximum Gasteiger partial charge on any atom is 0.0764 e. The van der Waals surface area contributed by atoms with E-state index in [1.54, 1.807) is 12.2 Å². The number of halogens is 1. The molecule has 1 heterocycles. The molecule has 0 unspecified atom stereocenters. The summed E-state index contributed by atoms with van der Waals surface area (Å²) < 4.78 is 1.13. The van der Waals surface area contributed by atoms with Gasteiger partial charge in [0.05, 0.1) is 13.7 Å². The van der Waals surface area contributed by atoms with Crippen LogP contribution in [0.1, 0.15) is 0 Å². The van der Waals surface area contributed by atoms with Gasteiger partial charge in [-0.05, 0) is 12.2 Å². The molecule has 3 heteroatoms. The van der Waals surface area contributed by atoms with Crippen LogP contribution in [0.4, 0.5) is 0 Å². The zero-order valence-electron chi connectivity index (χ0n) is 5.17. The highest BCUT2D eigenvalue weighted by Crippen LogP contribution is 2.12. The van der Waals surface area contributed by atoms with Gasteiger partial charge in [-0.2, -0.15) is 0 Å². The van der Waals surface area contributed by atoms with Crippen LogP contribution in [0.25, 0.3) is 0 Å². The molecule has 0 aromatic carbocycles. The summed E-state index contributed by atoms with van der Waals surface area (Å²) in [4.78, 5) is 4.94. The summed E-state index contributed by atoms with van der Waals surface area (Å²) in [6, 6.07) is 0. The van der Waals surface area contributed by atoms with Gasteiger partial charge < -0.3 is 0 Å². The first-order valence-electron chi connectivity index (χ1n) is 2.66. The Balaban J connectivity index is 2.51. The number of rotatable bonds is 1. The molecule has 1 aliphatic rings. The van der Waals surface area contributed by atoms with Crippen LogP contribution in [-0.4, -0.2) is 18.7 Å². The maximum atomic E-state index is 4.94. The second-order valence-corrected chi connectivity index (χ2v) is 2.73. The van der Waals surface area contributed by atoms with Gasteiger partial charge in [0.1, 0.15) is 0 Å². The van der Waals surface area contributed by atoms with Crippen molar-refractivity contribution in [2.24, 2.45) is 0 Å². The third-order valence-corrected chi connectivity index (χ3v) is 1.59. The average Bonchev–Trinajstić information content (AvgIpc) is 1.88. The van der Waals surface area contributed by atoms with Gasteiger partial charge in [0.15, 0.2) is 0 Å². The molecule has 1 aliphatic heterocycles. The van der Waals surface area contributed by atoms with Crippen LogP contribution in [-0.2, 0) is 4.84 Å². The van der Waals surface area contributed by atoms with Crippen molar-refractivity contribution in [3.63, 3.8) is 0 Å². The lowest BCUT2D eigenvalue weighted by Gasteiger charge is -2.18. The van der Waals surface area contributed by atoms with Crippen molar-refractivity contribution in [1.82, 2.24) is 5.06 Å². The van der Waals surface area contributed by atoms with Crippen molar-refractivity contribution in [2.45, 2.75) is 0 Å². The van der Waals surface area contributed by atoms with Crippen LogP contribution >= 0.6 is 15.9 Å². The average molecular weight is 190 g/mol. The summed E-state index contributed by atoms with van der Waals surface area (Å²) in [6.45, 7) is 0.799. The topological polar surface area (TPSA) is 12.5 Å². The summed E-state index contributed by atoms with van der Waals surface area (Å²) in [7, 11) is 1.65. The molecular weight excluding hydrogens is 182 g/mol. The smallest absolute Gasteiger partial charge is 0.0764 e. The first-order valence-corrected chi connectivity index (χ1v) is 3.46. The Bertz CT molecular complexity index is 153. The predicted octanol–water partition coefficient (Wildman–Crippen LogP) is 1.66. The number of allylic oxidation sites excluding steroid dienone is 2. The van der Waals surface area contributed by atoms with Gasteiger partial charge in [-0.25, -0.2) is 0 Å². The van der Waals surface area contributed by atoms with Gasteiger partial charge >= 0.3 is 0 Å². The highest BCUT2D eigenvalue weighted by atomic mass is 79.9. The van der Waals surface area contributed by atoms with Crippen LogP contribution in [0.2, 0.25) is 0 Å². The first kappa shape index (κ1) is 6.83. The van der Waals surface area contributed by atoms with Crippen molar-refractivity contribution in [3.05, 3.63) is 22.8 Å². The molecule has 0 radical (unpaired) electrons. The van der Waals surface area contributed by atoms with E-state index in [0.717, 1.165) is 11.0 Å². The van der Waals surface area contributed by atoms with Crippen LogP contribution in [0, 0.1) is 0 Å². The van der Waals surface area contributed by atoms with Crippen LogP contribution in [0.15, 0.2) is 22.8 Å². The fourth-order valence-electron chi connectivity index (χ4n) is 0.623. The lowest BCUT2D eigenvalue weighted by molar-refractivity contribution is -0.0795. The third-order valence-electron chi connectivity index (χ3n) is 1.07. The van der Waals surface area contributed by atoms with E-state index in [9.17, 15) is 0 Å². The normalized spacial score (nSPS) is 18.0. The standard InChI is InChI=1S/C6H8BrNO/c1-9-8-4-2-3-6(7)5-8/h2-4H,5H2,1H3. The third kappa shape index (κ3) is 1.84. The molecule has 0 atom stereocenters. The summed E-state index contributed by atoms with van der Waals surface area (Å²) in [5, 5.41) is 1.74. The lowest BCUT2D eigenvalue weighted by Crippen LogP contribution is -2.18. The molecular formula is C6H8BrNO. The number of hydrogen-bond acceptors (Lipinski definition) is 2. The number of hydrogen-bond donors (Lipinski definition) is 0. The lowest BCUT2D eigenvalue weighted by atomic mass is 10.4. The van der Waals surface area contributed by atoms with Crippen LogP contribution < -0.4 is 0 Å². The van der Waals surface area contributed by atoms with E-state index >= 15 is 0 Å². The monoisotopic (exact) mass is 189 g/mol. The SMILES string of the molecule is CON1C=CC=C(Br)C1. The van der Waals surface area contributed by atoms with Crippen molar-refractivity contribution >= 4 is 15.9 Å². The number of hydroxylamine groups is 2. The minimum Gasteiger partial charge on any atom is -0.277 e. The number of nitrogens with zero attached hydrogens (tertiary/aromatic N) is 1. The summed E-state index contributed by atoms with van der Waals surface area (Å²) in [5.41, 5.74) is 0. The zero-order valence-corrected chi connectivity index (χ0v) is 6.76. The molecule has 0 saturated carbocycles. The molecule has 0 spiro atoms. The van der Waals surface area contributed by atoms with E-state index < -0.39 is 0 Å². The molecule has 0 aromatic rings. The van der Waals surface area contributed by atoms with Crippen LogP contribution in [0.3, 0.4) is 0 Å². The fraction of sp³-hybridized carbons (Fsp3) is 0.333. The predicted molar refractivity (Wildman–Crippen MR) is 39.9 cm³/mol. The minimum absolute atomic E-state index is 0.799. The van der Waals surface area contributed by atoms with Crippen molar-refractivity contribution in [2.75, 3.05) is 13.7 Å². The Morgan fingerprint density at radius 1 is 1.78 bits per heavy atom. The minimum atomic E-state index is 0.799. The second-order valence-electron chi connectivity index (χ2n) is 1.71. The largest absolute Gasteiger partial charge is 0.277 e. The van der Waals surface area contributed by atoms with Gasteiger partial charge in [0, 0.05) is 10.7 Å². The Hall–Kier alpha value is -0.280. The summed E-state index contributed by atoms with van der Waals surface area (Å²) in [6.07, 6.45) is 5.80. The van der Waals surface area contributed by atoms with E-state index in [-0.39, 0.29) is 0 Å². The molecule has 2 nitrogen and oxygen atoms in total. The van der Waals surface area contributed by atoms with Gasteiger partial charge in [-0.15, -0.1) is 0 Å². The quantitative estimate of drug-likeness (QED) is 0.623. The van der Waals surface area contributed by atoms with Crippen molar-refractivity contribution in [1.29, 1.82) is 0 Å². The molecule has 1 rings (SSSR count). The molecule has 9 heavy (non-hydrogen) atoms. The molecule has 0 fully saturated rings. The molecule has 0 aliphatic carbocycles. The van der Waals surface area contributed by atoms with E-state index in [0.29, 0.717) is 0 Å². The molecule has 0 saturated heterocycles. The Labute approximate surface area is 62.9 Å². The summed E-state index contributed by atoms with van der Waals surface area (Å²) in [5.74, 6) is 0. The zero-order chi connectivity index (χ0) is 6.69. The first-order chi connectivity index (χ1) is 4.33. The van der Waals surface area contributed by atoms with Crippen molar-refractivity contribution in [3.8, 4) is 0 Å². The van der Waals surface area contributed by atoms with Gasteiger partial charge in [-0.1, -0.05) is 15.9 Å². The van der Waals surface area contributed by atoms with Gasteiger partial charge in [0.2, 0.25) is 0 Å². The Kier molecular flexibility index (Phi) is 2.30. The molecule has 0 amide bonds. The van der Waals surface area contributed by atoms with Gasteiger partial charge in [0.25, 0.3) is 0 Å². The van der Waals surface area contributed by atoms with E-state index in [4.69, 9.17) is 4.84 Å². The maximum absolute atomic E-state index is 4.94. The molecule has 0 bridgehead atoms. The second kappa shape index (κ2) is 3.03. The fourth-order valence-corrected chi connectivity index (χ4v) is 1.02. The van der Waals surface area contributed by atoms with Gasteiger partial charge in [-0.3, -0.25) is 9.90 Å². The summed E-state index contributed by atoms with van der Waals surface area (Å²) >= 11 is 3.36. The molecule has 0 aromatic heterocycles. The van der Waals surface area contributed by atoms with E-state index in [2.05, 4.69) is 15.9 Å². The van der Waals surface area contributed by atoms with E-state index in [1.165, 1.54) is 0 Å². The molecule has 50 valence electrons. The Morgan fingerprint density at radius 3 is 3.00 bits per heavy atom. The highest BCUT2D eigenvalue weighted by molar-refractivity contribution is 9.11. The van der Waals surface area contributed by atoms with E-state index in [1.807, 2.05) is 18.4 Å².